The number of alkyl halides is 1. The average Bonchev–Trinajstić information content (AvgIpc) is 2.13. The summed E-state index contributed by atoms with van der Waals surface area (Å²) in [6, 6.07) is 1.27. The van der Waals surface area contributed by atoms with E-state index in [2.05, 4.69) is 4.74 Å². The second kappa shape index (κ2) is 3.95. The topological polar surface area (TPSA) is 52.4 Å². The number of hydrogen-bond donors (Lipinski definition) is 0. The van der Waals surface area contributed by atoms with Gasteiger partial charge < -0.3 is 4.74 Å². The van der Waals surface area contributed by atoms with Crippen molar-refractivity contribution >= 4 is 5.69 Å². The lowest BCUT2D eigenvalue weighted by atomic mass is 10.3. The summed E-state index contributed by atoms with van der Waals surface area (Å²) >= 11 is 0. The lowest BCUT2D eigenvalue weighted by molar-refractivity contribution is -0.386. The summed E-state index contributed by atoms with van der Waals surface area (Å²) in [7, 11) is 0. The van der Waals surface area contributed by atoms with E-state index >= 15 is 0 Å². The van der Waals surface area contributed by atoms with E-state index in [4.69, 9.17) is 0 Å². The molecule has 0 heterocycles. The van der Waals surface area contributed by atoms with Crippen LogP contribution in [0.2, 0.25) is 0 Å². The van der Waals surface area contributed by atoms with Gasteiger partial charge in [0.1, 0.15) is 0 Å². The number of benzene rings is 1. The van der Waals surface area contributed by atoms with Crippen LogP contribution in [0.1, 0.15) is 0 Å². The molecule has 4 nitrogen and oxygen atoms in total. The highest BCUT2D eigenvalue weighted by atomic mass is 19.2. The zero-order valence-corrected chi connectivity index (χ0v) is 6.67. The zero-order valence-electron chi connectivity index (χ0n) is 6.67. The van der Waals surface area contributed by atoms with Gasteiger partial charge in [-0.25, -0.2) is 8.78 Å². The van der Waals surface area contributed by atoms with Crippen molar-refractivity contribution in [2.24, 2.45) is 0 Å². The molecule has 14 heavy (non-hydrogen) atoms. The molecule has 0 aliphatic rings. The molecule has 1 rings (SSSR count). The summed E-state index contributed by atoms with van der Waals surface area (Å²) in [6.45, 7) is -1.47. The molecule has 0 aliphatic heterocycles. The Hall–Kier alpha value is -1.79. The predicted octanol–water partition coefficient (Wildman–Crippen LogP) is 2.18. The molecular weight excluding hydrogens is 203 g/mol. The van der Waals surface area contributed by atoms with Crippen molar-refractivity contribution in [3.63, 3.8) is 0 Å². The van der Waals surface area contributed by atoms with Crippen LogP contribution < -0.4 is 4.74 Å². The first-order valence-corrected chi connectivity index (χ1v) is 3.39. The van der Waals surface area contributed by atoms with Crippen LogP contribution in [0.3, 0.4) is 0 Å². The molecule has 0 amide bonds. The monoisotopic (exact) mass is 207 g/mol. The second-order valence-corrected chi connectivity index (χ2v) is 2.22. The van der Waals surface area contributed by atoms with Gasteiger partial charge >= 0.3 is 5.69 Å². The molecule has 0 radical (unpaired) electrons. The molecule has 0 atom stereocenters. The van der Waals surface area contributed by atoms with Gasteiger partial charge in [0.2, 0.25) is 18.4 Å². The third kappa shape index (κ3) is 1.76. The van der Waals surface area contributed by atoms with Crippen molar-refractivity contribution in [2.75, 3.05) is 6.86 Å². The van der Waals surface area contributed by atoms with Crippen molar-refractivity contribution in [1.29, 1.82) is 0 Å². The first-order valence-electron chi connectivity index (χ1n) is 3.39. The van der Waals surface area contributed by atoms with Crippen LogP contribution >= 0.6 is 0 Å². The maximum absolute atomic E-state index is 12.8. The maximum Gasteiger partial charge on any atom is 0.314 e. The van der Waals surface area contributed by atoms with Crippen LogP contribution in [0.15, 0.2) is 12.1 Å². The minimum absolute atomic E-state index is 0.568. The molecule has 0 aromatic heterocycles. The summed E-state index contributed by atoms with van der Waals surface area (Å²) < 4.78 is 41.1. The van der Waals surface area contributed by atoms with E-state index < -0.39 is 34.9 Å². The lowest BCUT2D eigenvalue weighted by Crippen LogP contribution is -2.01. The van der Waals surface area contributed by atoms with Crippen LogP contribution in [0, 0.1) is 21.7 Å². The third-order valence-electron chi connectivity index (χ3n) is 1.42. The molecule has 7 heteroatoms. The molecule has 1 aromatic carbocycles. The normalized spacial score (nSPS) is 9.93. The first-order chi connectivity index (χ1) is 6.57. The summed E-state index contributed by atoms with van der Waals surface area (Å²) in [6.07, 6.45) is 0. The largest absolute Gasteiger partial charge is 0.453 e. The Labute approximate surface area is 76.1 Å². The molecule has 0 fully saturated rings. The Morgan fingerprint density at radius 1 is 1.43 bits per heavy atom. The van der Waals surface area contributed by atoms with Crippen LogP contribution in [-0.4, -0.2) is 11.8 Å². The van der Waals surface area contributed by atoms with Gasteiger partial charge in [0.05, 0.1) is 4.92 Å². The van der Waals surface area contributed by atoms with E-state index in [1.165, 1.54) is 0 Å². The fraction of sp³-hybridized carbons (Fsp3) is 0.143. The average molecular weight is 207 g/mol. The number of ether oxygens (including phenoxy) is 1. The van der Waals surface area contributed by atoms with E-state index in [0.29, 0.717) is 12.1 Å². The zero-order chi connectivity index (χ0) is 10.7. The highest BCUT2D eigenvalue weighted by Gasteiger charge is 2.22. The number of nitro benzene ring substituents is 1. The summed E-state index contributed by atoms with van der Waals surface area (Å²) in [5.41, 5.74) is -0.818. The van der Waals surface area contributed by atoms with Gasteiger partial charge in [0.15, 0.2) is 5.82 Å². The van der Waals surface area contributed by atoms with Crippen LogP contribution in [0.4, 0.5) is 18.9 Å². The Kier molecular flexibility index (Phi) is 2.90. The summed E-state index contributed by atoms with van der Waals surface area (Å²) in [5.74, 6) is -3.94. The number of nitrogens with zero attached hydrogens (tertiary/aromatic N) is 1. The lowest BCUT2D eigenvalue weighted by Gasteiger charge is -2.03. The fourth-order valence-corrected chi connectivity index (χ4v) is 0.857. The van der Waals surface area contributed by atoms with E-state index in [1.807, 2.05) is 0 Å². The molecule has 0 saturated carbocycles. The smallest absolute Gasteiger partial charge is 0.314 e. The number of hydrogen-bond acceptors (Lipinski definition) is 3. The van der Waals surface area contributed by atoms with E-state index in [1.54, 1.807) is 0 Å². The molecule has 0 aliphatic carbocycles. The van der Waals surface area contributed by atoms with Crippen LogP contribution in [0.25, 0.3) is 0 Å². The van der Waals surface area contributed by atoms with E-state index in [9.17, 15) is 23.3 Å². The SMILES string of the molecule is O=[N+]([O-])c1ccc(F)c(F)c1OCF. The Morgan fingerprint density at radius 3 is 2.57 bits per heavy atom. The van der Waals surface area contributed by atoms with Crippen LogP contribution in [-0.2, 0) is 0 Å². The minimum Gasteiger partial charge on any atom is -0.453 e. The number of rotatable bonds is 3. The minimum atomic E-state index is -1.57. The van der Waals surface area contributed by atoms with E-state index in [0.717, 1.165) is 0 Å². The van der Waals surface area contributed by atoms with Crippen molar-refractivity contribution < 1.29 is 22.8 Å². The highest BCUT2D eigenvalue weighted by Crippen LogP contribution is 2.31. The molecule has 0 spiro atoms. The summed E-state index contributed by atoms with van der Waals surface area (Å²) in [5, 5.41) is 10.3. The van der Waals surface area contributed by atoms with Crippen molar-refractivity contribution in [2.45, 2.75) is 0 Å². The molecule has 76 valence electrons. The van der Waals surface area contributed by atoms with Gasteiger partial charge in [0, 0.05) is 6.07 Å². The van der Waals surface area contributed by atoms with Crippen molar-refractivity contribution in [1.82, 2.24) is 0 Å². The van der Waals surface area contributed by atoms with Gasteiger partial charge in [-0.05, 0) is 6.07 Å². The number of halogens is 3. The third-order valence-corrected chi connectivity index (χ3v) is 1.42. The van der Waals surface area contributed by atoms with E-state index in [-0.39, 0.29) is 0 Å². The van der Waals surface area contributed by atoms with Gasteiger partial charge in [-0.3, -0.25) is 10.1 Å². The van der Waals surface area contributed by atoms with Crippen molar-refractivity contribution in [3.8, 4) is 5.75 Å². The fourth-order valence-electron chi connectivity index (χ4n) is 0.857. The molecule has 0 bridgehead atoms. The van der Waals surface area contributed by atoms with Gasteiger partial charge in [-0.2, -0.15) is 4.39 Å². The quantitative estimate of drug-likeness (QED) is 0.563. The Bertz CT molecular complexity index is 369. The van der Waals surface area contributed by atoms with Gasteiger partial charge in [-0.15, -0.1) is 0 Å². The predicted molar refractivity (Wildman–Crippen MR) is 39.6 cm³/mol. The Morgan fingerprint density at radius 2 is 2.07 bits per heavy atom. The standard InChI is InChI=1S/C7H4F3NO3/c8-3-14-7-5(11(12)13)2-1-4(9)6(7)10/h1-2H,3H2. The molecule has 0 saturated heterocycles. The van der Waals surface area contributed by atoms with Crippen LogP contribution in [0.5, 0.6) is 5.75 Å². The molecule has 0 unspecified atom stereocenters. The molecule has 1 aromatic rings. The highest BCUT2D eigenvalue weighted by molar-refractivity contribution is 5.47. The van der Waals surface area contributed by atoms with Gasteiger partial charge in [0.25, 0.3) is 0 Å². The maximum atomic E-state index is 12.8. The molecule has 0 N–H and O–H groups in total. The van der Waals surface area contributed by atoms with Gasteiger partial charge in [-0.1, -0.05) is 0 Å². The summed E-state index contributed by atoms with van der Waals surface area (Å²) in [4.78, 5) is 9.28. The van der Waals surface area contributed by atoms with Crippen molar-refractivity contribution in [3.05, 3.63) is 33.9 Å². The number of nitro groups is 1. The first kappa shape index (κ1) is 10.3. The molecular formula is C7H4F3NO3. The Balaban J connectivity index is 3.29. The second-order valence-electron chi connectivity index (χ2n) is 2.22.